The van der Waals surface area contributed by atoms with E-state index in [1.165, 1.54) is 11.5 Å². The quantitative estimate of drug-likeness (QED) is 0.379. The maximum absolute atomic E-state index is 12.5. The number of aromatic nitrogens is 2. The first-order valence-corrected chi connectivity index (χ1v) is 8.90. The summed E-state index contributed by atoms with van der Waals surface area (Å²) in [7, 11) is 1.50. The van der Waals surface area contributed by atoms with Gasteiger partial charge < -0.3 is 24.9 Å². The molecular formula is C21H16N4O5. The molecule has 2 aromatic heterocycles. The van der Waals surface area contributed by atoms with Crippen molar-refractivity contribution in [3.63, 3.8) is 0 Å². The Bertz CT molecular complexity index is 1230. The SMILES string of the molecule is COc1ccccc1C(=O)Nc1ccc(Oc2nc3ccccn3c2[N+](=O)[O-])cc1. The summed E-state index contributed by atoms with van der Waals surface area (Å²) in [5, 5.41) is 14.2. The van der Waals surface area contributed by atoms with E-state index in [4.69, 9.17) is 9.47 Å². The Morgan fingerprint density at radius 2 is 1.80 bits per heavy atom. The first kappa shape index (κ1) is 18.9. The summed E-state index contributed by atoms with van der Waals surface area (Å²) < 4.78 is 12.2. The molecule has 0 radical (unpaired) electrons. The van der Waals surface area contributed by atoms with Gasteiger partial charge in [-0.05, 0) is 47.4 Å². The number of amides is 1. The van der Waals surface area contributed by atoms with Crippen LogP contribution in [-0.2, 0) is 0 Å². The van der Waals surface area contributed by atoms with Crippen molar-refractivity contribution in [2.45, 2.75) is 0 Å². The van der Waals surface area contributed by atoms with Crippen molar-refractivity contribution < 1.29 is 19.2 Å². The Kier molecular flexibility index (Phi) is 5.00. The van der Waals surface area contributed by atoms with Crippen LogP contribution in [-0.4, -0.2) is 27.3 Å². The lowest BCUT2D eigenvalue weighted by Crippen LogP contribution is -2.12. The number of ether oxygens (including phenoxy) is 2. The number of rotatable bonds is 6. The van der Waals surface area contributed by atoms with Crippen molar-refractivity contribution in [2.75, 3.05) is 12.4 Å². The topological polar surface area (TPSA) is 108 Å². The van der Waals surface area contributed by atoms with Gasteiger partial charge in [0.2, 0.25) is 5.65 Å². The average molecular weight is 404 g/mol. The molecular weight excluding hydrogens is 388 g/mol. The number of anilines is 1. The molecule has 2 aromatic carbocycles. The van der Waals surface area contributed by atoms with Crippen LogP contribution < -0.4 is 14.8 Å². The van der Waals surface area contributed by atoms with Gasteiger partial charge in [0.1, 0.15) is 11.5 Å². The fourth-order valence-corrected chi connectivity index (χ4v) is 2.94. The second-order valence-corrected chi connectivity index (χ2v) is 6.21. The zero-order valence-electron chi connectivity index (χ0n) is 15.8. The van der Waals surface area contributed by atoms with Gasteiger partial charge in [0.25, 0.3) is 5.91 Å². The maximum atomic E-state index is 12.5. The Balaban J connectivity index is 1.53. The summed E-state index contributed by atoms with van der Waals surface area (Å²) in [6.45, 7) is 0. The van der Waals surface area contributed by atoms with Crippen molar-refractivity contribution in [2.24, 2.45) is 0 Å². The molecule has 0 fully saturated rings. The largest absolute Gasteiger partial charge is 0.496 e. The molecule has 1 N–H and O–H groups in total. The molecule has 1 amide bonds. The summed E-state index contributed by atoms with van der Waals surface area (Å²) in [6, 6.07) is 18.4. The molecule has 0 atom stereocenters. The summed E-state index contributed by atoms with van der Waals surface area (Å²) in [5.41, 5.74) is 1.34. The Morgan fingerprint density at radius 3 is 2.53 bits per heavy atom. The van der Waals surface area contributed by atoms with E-state index < -0.39 is 4.92 Å². The highest BCUT2D eigenvalue weighted by Crippen LogP contribution is 2.32. The molecule has 4 aromatic rings. The lowest BCUT2D eigenvalue weighted by molar-refractivity contribution is -0.391. The summed E-state index contributed by atoms with van der Waals surface area (Å²) in [5.74, 6) is 0.110. The van der Waals surface area contributed by atoms with Crippen LogP contribution in [0.4, 0.5) is 11.5 Å². The normalized spacial score (nSPS) is 10.6. The Labute approximate surface area is 170 Å². The van der Waals surface area contributed by atoms with Crippen LogP contribution in [0.15, 0.2) is 72.9 Å². The van der Waals surface area contributed by atoms with E-state index in [2.05, 4.69) is 10.3 Å². The third kappa shape index (κ3) is 3.63. The number of carbonyl (C=O) groups excluding carboxylic acids is 1. The molecule has 0 spiro atoms. The van der Waals surface area contributed by atoms with Crippen LogP contribution in [0.5, 0.6) is 17.4 Å². The van der Waals surface area contributed by atoms with Crippen LogP contribution in [0.2, 0.25) is 0 Å². The molecule has 0 unspecified atom stereocenters. The number of methoxy groups -OCH3 is 1. The summed E-state index contributed by atoms with van der Waals surface area (Å²) in [4.78, 5) is 27.6. The number of benzene rings is 2. The first-order valence-electron chi connectivity index (χ1n) is 8.90. The molecule has 4 rings (SSSR count). The number of pyridine rings is 1. The van der Waals surface area contributed by atoms with Gasteiger partial charge in [0.05, 0.1) is 18.9 Å². The fourth-order valence-electron chi connectivity index (χ4n) is 2.94. The van der Waals surface area contributed by atoms with Crippen molar-refractivity contribution in [3.05, 3.63) is 88.6 Å². The molecule has 0 aliphatic heterocycles. The van der Waals surface area contributed by atoms with Gasteiger partial charge in [-0.25, -0.2) is 0 Å². The number of imidazole rings is 1. The molecule has 150 valence electrons. The van der Waals surface area contributed by atoms with E-state index >= 15 is 0 Å². The number of hydrogen-bond donors (Lipinski definition) is 1. The second-order valence-electron chi connectivity index (χ2n) is 6.21. The van der Waals surface area contributed by atoms with Crippen molar-refractivity contribution in [1.82, 2.24) is 9.38 Å². The predicted octanol–water partition coefficient (Wildman–Crippen LogP) is 4.30. The van der Waals surface area contributed by atoms with Gasteiger partial charge in [0.15, 0.2) is 0 Å². The number of fused-ring (bicyclic) bond motifs is 1. The van der Waals surface area contributed by atoms with Crippen LogP contribution in [0, 0.1) is 10.1 Å². The standard InChI is InChI=1S/C21H16N4O5/c1-29-17-7-3-2-6-16(17)19(26)22-14-9-11-15(12-10-14)30-20-21(25(27)28)24-13-5-4-8-18(24)23-20/h2-13H,1H3,(H,22,26). The van der Waals surface area contributed by atoms with E-state index in [-0.39, 0.29) is 17.6 Å². The monoisotopic (exact) mass is 404 g/mol. The number of nitrogens with zero attached hydrogens (tertiary/aromatic N) is 3. The molecule has 0 saturated carbocycles. The second kappa shape index (κ2) is 7.92. The smallest absolute Gasteiger partial charge is 0.392 e. The van der Waals surface area contributed by atoms with Crippen molar-refractivity contribution >= 4 is 23.1 Å². The van der Waals surface area contributed by atoms with Gasteiger partial charge in [0, 0.05) is 11.8 Å². The highest BCUT2D eigenvalue weighted by molar-refractivity contribution is 6.06. The lowest BCUT2D eigenvalue weighted by Gasteiger charge is -2.09. The molecule has 0 saturated heterocycles. The molecule has 9 heteroatoms. The number of carbonyl (C=O) groups is 1. The van der Waals surface area contributed by atoms with Gasteiger partial charge >= 0.3 is 11.7 Å². The van der Waals surface area contributed by atoms with Crippen molar-refractivity contribution in [1.29, 1.82) is 0 Å². The number of nitro groups is 1. The number of nitrogens with one attached hydrogen (secondary N) is 1. The van der Waals surface area contributed by atoms with Gasteiger partial charge in [-0.1, -0.05) is 18.2 Å². The highest BCUT2D eigenvalue weighted by atomic mass is 16.6. The molecule has 2 heterocycles. The molecule has 9 nitrogen and oxygen atoms in total. The lowest BCUT2D eigenvalue weighted by atomic mass is 10.2. The number of hydrogen-bond acceptors (Lipinski definition) is 6. The van der Waals surface area contributed by atoms with Gasteiger partial charge in [-0.2, -0.15) is 9.38 Å². The van der Waals surface area contributed by atoms with Crippen LogP contribution in [0.25, 0.3) is 5.65 Å². The Hall–Kier alpha value is -4.40. The van der Waals surface area contributed by atoms with E-state index in [1.807, 2.05) is 0 Å². The zero-order valence-corrected chi connectivity index (χ0v) is 15.8. The molecule has 0 bridgehead atoms. The average Bonchev–Trinajstić information content (AvgIpc) is 3.13. The minimum Gasteiger partial charge on any atom is -0.496 e. The predicted molar refractivity (Wildman–Crippen MR) is 109 cm³/mol. The van der Waals surface area contributed by atoms with Gasteiger partial charge in [-0.15, -0.1) is 0 Å². The number of para-hydroxylation sites is 1. The van der Waals surface area contributed by atoms with E-state index in [0.717, 1.165) is 0 Å². The third-order valence-electron chi connectivity index (χ3n) is 4.33. The van der Waals surface area contributed by atoms with Crippen LogP contribution in [0.1, 0.15) is 10.4 Å². The summed E-state index contributed by atoms with van der Waals surface area (Å²) >= 11 is 0. The highest BCUT2D eigenvalue weighted by Gasteiger charge is 2.24. The first-order chi connectivity index (χ1) is 14.6. The van der Waals surface area contributed by atoms with Crippen LogP contribution >= 0.6 is 0 Å². The van der Waals surface area contributed by atoms with E-state index in [1.54, 1.807) is 72.9 Å². The minimum absolute atomic E-state index is 0.114. The third-order valence-corrected chi connectivity index (χ3v) is 4.33. The summed E-state index contributed by atoms with van der Waals surface area (Å²) in [6.07, 6.45) is 1.55. The molecule has 0 aliphatic rings. The van der Waals surface area contributed by atoms with Crippen molar-refractivity contribution in [3.8, 4) is 17.4 Å². The van der Waals surface area contributed by atoms with Crippen LogP contribution in [0.3, 0.4) is 0 Å². The molecule has 0 aliphatic carbocycles. The van der Waals surface area contributed by atoms with Gasteiger partial charge in [-0.3, -0.25) is 4.79 Å². The fraction of sp³-hybridized carbons (Fsp3) is 0.0476. The zero-order chi connectivity index (χ0) is 21.1. The van der Waals surface area contributed by atoms with E-state index in [9.17, 15) is 14.9 Å². The maximum Gasteiger partial charge on any atom is 0.392 e. The molecule has 30 heavy (non-hydrogen) atoms. The Morgan fingerprint density at radius 1 is 1.07 bits per heavy atom. The van der Waals surface area contributed by atoms with E-state index in [0.29, 0.717) is 28.4 Å². The minimum atomic E-state index is -0.544.